The molecule has 0 N–H and O–H groups in total. The second-order valence-electron chi connectivity index (χ2n) is 6.81. The van der Waals surface area contributed by atoms with Crippen molar-refractivity contribution in [1.29, 1.82) is 0 Å². The van der Waals surface area contributed by atoms with E-state index in [1.807, 2.05) is 53.4 Å². The normalized spacial score (nSPS) is 20.0. The fourth-order valence-corrected chi connectivity index (χ4v) is 3.24. The minimum atomic E-state index is 0.0677. The molecule has 1 amide bonds. The molecule has 1 aliphatic rings. The lowest BCUT2D eigenvalue weighted by molar-refractivity contribution is -0.144. The number of carbonyl (C=O) groups is 1. The molecule has 26 heavy (non-hydrogen) atoms. The molecule has 1 saturated heterocycles. The van der Waals surface area contributed by atoms with E-state index >= 15 is 0 Å². The molecule has 1 fully saturated rings. The lowest BCUT2D eigenvalue weighted by atomic mass is 10.0. The Kier molecular flexibility index (Phi) is 6.67. The molecular formula is C22H27NO3. The molecule has 0 aromatic heterocycles. The summed E-state index contributed by atoms with van der Waals surface area (Å²) < 4.78 is 11.6. The number of ether oxygens (including phenoxy) is 2. The van der Waals surface area contributed by atoms with Crippen LogP contribution in [0.25, 0.3) is 0 Å². The highest BCUT2D eigenvalue weighted by Crippen LogP contribution is 2.17. The van der Waals surface area contributed by atoms with Gasteiger partial charge in [0.2, 0.25) is 5.91 Å². The van der Waals surface area contributed by atoms with Gasteiger partial charge in [-0.1, -0.05) is 48.5 Å². The van der Waals surface area contributed by atoms with Crippen LogP contribution in [0.5, 0.6) is 5.75 Å². The topological polar surface area (TPSA) is 38.8 Å². The van der Waals surface area contributed by atoms with Crippen molar-refractivity contribution in [3.05, 3.63) is 66.2 Å². The first-order chi connectivity index (χ1) is 12.7. The van der Waals surface area contributed by atoms with Gasteiger partial charge in [-0.3, -0.25) is 4.79 Å². The summed E-state index contributed by atoms with van der Waals surface area (Å²) in [6.07, 6.45) is 2.14. The first-order valence-electron chi connectivity index (χ1n) is 9.35. The molecule has 0 bridgehead atoms. The zero-order valence-corrected chi connectivity index (χ0v) is 15.3. The fourth-order valence-electron chi connectivity index (χ4n) is 3.24. The second-order valence-corrected chi connectivity index (χ2v) is 6.81. The van der Waals surface area contributed by atoms with Gasteiger partial charge in [0, 0.05) is 19.4 Å². The van der Waals surface area contributed by atoms with Crippen LogP contribution in [0.3, 0.4) is 0 Å². The summed E-state index contributed by atoms with van der Waals surface area (Å²) in [6, 6.07) is 20.1. The molecule has 0 aliphatic carbocycles. The van der Waals surface area contributed by atoms with E-state index in [1.165, 1.54) is 5.56 Å². The standard InChI is InChI=1S/C22H27NO3/c1-18-17-26-21(15-19-9-4-2-5-10-19)16-23(18)22(24)13-8-14-25-20-11-6-3-7-12-20/h2-7,9-12,18,21H,8,13-17H2,1H3. The van der Waals surface area contributed by atoms with Gasteiger partial charge in [0.1, 0.15) is 5.75 Å². The van der Waals surface area contributed by atoms with Crippen LogP contribution in [-0.2, 0) is 16.0 Å². The Morgan fingerprint density at radius 3 is 2.54 bits per heavy atom. The quantitative estimate of drug-likeness (QED) is 0.713. The molecule has 2 atom stereocenters. The van der Waals surface area contributed by atoms with E-state index in [0.29, 0.717) is 26.2 Å². The van der Waals surface area contributed by atoms with E-state index in [9.17, 15) is 4.79 Å². The van der Waals surface area contributed by atoms with Crippen molar-refractivity contribution in [2.24, 2.45) is 0 Å². The Labute approximate surface area is 155 Å². The van der Waals surface area contributed by atoms with Crippen LogP contribution in [-0.4, -0.2) is 42.7 Å². The lowest BCUT2D eigenvalue weighted by Crippen LogP contribution is -2.51. The third kappa shape index (κ3) is 5.33. The summed E-state index contributed by atoms with van der Waals surface area (Å²) in [5.41, 5.74) is 1.25. The predicted octanol–water partition coefficient (Wildman–Crippen LogP) is 3.70. The number of amides is 1. The number of morpholine rings is 1. The summed E-state index contributed by atoms with van der Waals surface area (Å²) in [7, 11) is 0. The maximum atomic E-state index is 12.6. The summed E-state index contributed by atoms with van der Waals surface area (Å²) in [6.45, 7) is 3.87. The number of carbonyl (C=O) groups excluding carboxylic acids is 1. The lowest BCUT2D eigenvalue weighted by Gasteiger charge is -2.38. The van der Waals surface area contributed by atoms with Crippen LogP contribution in [0.1, 0.15) is 25.3 Å². The number of hydrogen-bond donors (Lipinski definition) is 0. The molecule has 2 aromatic carbocycles. The minimum absolute atomic E-state index is 0.0677. The number of benzene rings is 2. The van der Waals surface area contributed by atoms with E-state index in [2.05, 4.69) is 19.1 Å². The first-order valence-corrected chi connectivity index (χ1v) is 9.35. The van der Waals surface area contributed by atoms with E-state index < -0.39 is 0 Å². The van der Waals surface area contributed by atoms with Crippen molar-refractivity contribution in [2.45, 2.75) is 38.3 Å². The van der Waals surface area contributed by atoms with Crippen LogP contribution in [0, 0.1) is 0 Å². The summed E-state index contributed by atoms with van der Waals surface area (Å²) in [5.74, 6) is 1.04. The molecule has 4 nitrogen and oxygen atoms in total. The van der Waals surface area contributed by atoms with Crippen LogP contribution in [0.4, 0.5) is 0 Å². The summed E-state index contributed by atoms with van der Waals surface area (Å²) in [4.78, 5) is 14.6. The van der Waals surface area contributed by atoms with E-state index in [-0.39, 0.29) is 18.1 Å². The largest absolute Gasteiger partial charge is 0.494 e. The van der Waals surface area contributed by atoms with Gasteiger partial charge in [-0.2, -0.15) is 0 Å². The highest BCUT2D eigenvalue weighted by atomic mass is 16.5. The number of hydrogen-bond acceptors (Lipinski definition) is 3. The van der Waals surface area contributed by atoms with Crippen LogP contribution in [0.2, 0.25) is 0 Å². The zero-order chi connectivity index (χ0) is 18.2. The average molecular weight is 353 g/mol. The second kappa shape index (κ2) is 9.39. The third-order valence-corrected chi connectivity index (χ3v) is 4.68. The maximum Gasteiger partial charge on any atom is 0.223 e. The van der Waals surface area contributed by atoms with E-state index in [1.54, 1.807) is 0 Å². The minimum Gasteiger partial charge on any atom is -0.494 e. The molecule has 138 valence electrons. The van der Waals surface area contributed by atoms with Crippen molar-refractivity contribution < 1.29 is 14.3 Å². The summed E-state index contributed by atoms with van der Waals surface area (Å²) >= 11 is 0. The predicted molar refractivity (Wildman–Crippen MR) is 102 cm³/mol. The molecule has 3 rings (SSSR count). The van der Waals surface area contributed by atoms with Crippen molar-refractivity contribution >= 4 is 5.91 Å². The van der Waals surface area contributed by atoms with Crippen molar-refractivity contribution in [2.75, 3.05) is 19.8 Å². The van der Waals surface area contributed by atoms with Gasteiger partial charge in [-0.05, 0) is 31.0 Å². The van der Waals surface area contributed by atoms with Gasteiger partial charge < -0.3 is 14.4 Å². The van der Waals surface area contributed by atoms with Gasteiger partial charge in [-0.15, -0.1) is 0 Å². The monoisotopic (exact) mass is 353 g/mol. The fraction of sp³-hybridized carbons (Fsp3) is 0.409. The van der Waals surface area contributed by atoms with Gasteiger partial charge in [0.25, 0.3) is 0 Å². The van der Waals surface area contributed by atoms with Crippen molar-refractivity contribution in [3.8, 4) is 5.75 Å². The van der Waals surface area contributed by atoms with Crippen molar-refractivity contribution in [1.82, 2.24) is 4.90 Å². The Morgan fingerprint density at radius 2 is 1.81 bits per heavy atom. The molecule has 1 aliphatic heterocycles. The van der Waals surface area contributed by atoms with E-state index in [4.69, 9.17) is 9.47 Å². The average Bonchev–Trinajstić information content (AvgIpc) is 2.68. The number of rotatable bonds is 7. The van der Waals surface area contributed by atoms with Gasteiger partial charge in [-0.25, -0.2) is 0 Å². The number of para-hydroxylation sites is 1. The molecular weight excluding hydrogens is 326 g/mol. The Hall–Kier alpha value is -2.33. The molecule has 0 radical (unpaired) electrons. The molecule has 0 spiro atoms. The smallest absolute Gasteiger partial charge is 0.223 e. The van der Waals surface area contributed by atoms with Gasteiger partial charge in [0.15, 0.2) is 0 Å². The van der Waals surface area contributed by atoms with Crippen molar-refractivity contribution in [3.63, 3.8) is 0 Å². The summed E-state index contributed by atoms with van der Waals surface area (Å²) in [5, 5.41) is 0. The molecule has 0 saturated carbocycles. The Morgan fingerprint density at radius 1 is 1.12 bits per heavy atom. The van der Waals surface area contributed by atoms with Gasteiger partial charge in [0.05, 0.1) is 25.4 Å². The molecule has 4 heteroatoms. The maximum absolute atomic E-state index is 12.6. The third-order valence-electron chi connectivity index (χ3n) is 4.68. The van der Waals surface area contributed by atoms with Crippen LogP contribution >= 0.6 is 0 Å². The SMILES string of the molecule is CC1COC(Cc2ccccc2)CN1C(=O)CCCOc1ccccc1. The Balaban J connectivity index is 1.44. The number of nitrogens with zero attached hydrogens (tertiary/aromatic N) is 1. The highest BCUT2D eigenvalue weighted by molar-refractivity contribution is 5.76. The van der Waals surface area contributed by atoms with Gasteiger partial charge >= 0.3 is 0 Å². The highest BCUT2D eigenvalue weighted by Gasteiger charge is 2.29. The molecule has 1 heterocycles. The van der Waals surface area contributed by atoms with Crippen LogP contribution < -0.4 is 4.74 Å². The van der Waals surface area contributed by atoms with E-state index in [0.717, 1.165) is 18.6 Å². The zero-order valence-electron chi connectivity index (χ0n) is 15.3. The Bertz CT molecular complexity index is 674. The van der Waals surface area contributed by atoms with Crippen LogP contribution in [0.15, 0.2) is 60.7 Å². The molecule has 2 unspecified atom stereocenters. The molecule has 2 aromatic rings. The first kappa shape index (κ1) is 18.5.